The highest BCUT2D eigenvalue weighted by atomic mass is 16.3. The number of phenolic OH excluding ortho intramolecular Hbond substituents is 4. The van der Waals surface area contributed by atoms with Crippen LogP contribution in [0.25, 0.3) is 0 Å². The summed E-state index contributed by atoms with van der Waals surface area (Å²) in [4.78, 5) is 0. The zero-order chi connectivity index (χ0) is 19.9. The molecule has 4 N–H and O–H groups in total. The molecule has 27 heavy (non-hydrogen) atoms. The van der Waals surface area contributed by atoms with Gasteiger partial charge in [-0.15, -0.1) is 0 Å². The molecule has 0 bridgehead atoms. The van der Waals surface area contributed by atoms with Crippen LogP contribution in [0.5, 0.6) is 23.0 Å². The Labute approximate surface area is 159 Å². The molecule has 3 aromatic rings. The van der Waals surface area contributed by atoms with E-state index in [2.05, 4.69) is 0 Å². The molecule has 0 saturated heterocycles. The van der Waals surface area contributed by atoms with E-state index in [1.165, 1.54) is 6.07 Å². The molecule has 0 unspecified atom stereocenters. The zero-order valence-electron chi connectivity index (χ0n) is 15.9. The molecule has 0 aromatic heterocycles. The van der Waals surface area contributed by atoms with Gasteiger partial charge < -0.3 is 20.4 Å². The van der Waals surface area contributed by atoms with E-state index in [0.717, 1.165) is 38.9 Å². The molecule has 3 aromatic carbocycles. The molecular formula is C23H24O4. The van der Waals surface area contributed by atoms with Crippen molar-refractivity contribution in [3.63, 3.8) is 0 Å². The van der Waals surface area contributed by atoms with Gasteiger partial charge in [0.1, 0.15) is 11.5 Å². The Morgan fingerprint density at radius 3 is 1.30 bits per heavy atom. The first-order valence-corrected chi connectivity index (χ1v) is 8.81. The summed E-state index contributed by atoms with van der Waals surface area (Å²) in [6.07, 6.45) is 0. The van der Waals surface area contributed by atoms with Crippen LogP contribution in [-0.4, -0.2) is 20.4 Å². The van der Waals surface area contributed by atoms with Crippen molar-refractivity contribution < 1.29 is 20.4 Å². The fourth-order valence-corrected chi connectivity index (χ4v) is 3.61. The summed E-state index contributed by atoms with van der Waals surface area (Å²) in [5.41, 5.74) is 5.79. The third-order valence-corrected chi connectivity index (χ3v) is 5.03. The summed E-state index contributed by atoms with van der Waals surface area (Å²) in [5, 5.41) is 40.0. The van der Waals surface area contributed by atoms with Crippen molar-refractivity contribution in [2.24, 2.45) is 0 Å². The van der Waals surface area contributed by atoms with Crippen LogP contribution < -0.4 is 0 Å². The summed E-state index contributed by atoms with van der Waals surface area (Å²) in [6.45, 7) is 7.41. The summed E-state index contributed by atoms with van der Waals surface area (Å²) in [5.74, 6) is -0.0497. The van der Waals surface area contributed by atoms with Gasteiger partial charge in [0.2, 0.25) is 0 Å². The van der Waals surface area contributed by atoms with Gasteiger partial charge >= 0.3 is 0 Å². The van der Waals surface area contributed by atoms with E-state index in [1.807, 2.05) is 52.0 Å². The van der Waals surface area contributed by atoms with Crippen LogP contribution in [0.4, 0.5) is 0 Å². The number of phenols is 4. The number of hydrogen-bond acceptors (Lipinski definition) is 4. The van der Waals surface area contributed by atoms with Crippen molar-refractivity contribution in [2.75, 3.05) is 0 Å². The zero-order valence-corrected chi connectivity index (χ0v) is 15.9. The molecule has 0 aliphatic rings. The van der Waals surface area contributed by atoms with Gasteiger partial charge in [0, 0.05) is 5.92 Å². The van der Waals surface area contributed by atoms with E-state index in [1.54, 1.807) is 12.1 Å². The van der Waals surface area contributed by atoms with Gasteiger partial charge in [-0.05, 0) is 78.8 Å². The predicted molar refractivity (Wildman–Crippen MR) is 106 cm³/mol. The number of rotatable bonds is 3. The number of aromatic hydroxyl groups is 4. The Bertz CT molecular complexity index is 917. The number of benzene rings is 3. The SMILES string of the molecule is Cc1cc(C(c2cc(C)c(O)c(C)c2)c2ccc(O)c(O)c2)cc(C)c1O. The molecule has 0 radical (unpaired) electrons. The number of hydrogen-bond donors (Lipinski definition) is 4. The summed E-state index contributed by atoms with van der Waals surface area (Å²) in [6, 6.07) is 12.5. The van der Waals surface area contributed by atoms with Crippen LogP contribution in [0.3, 0.4) is 0 Å². The molecule has 0 heterocycles. The van der Waals surface area contributed by atoms with E-state index in [4.69, 9.17) is 0 Å². The van der Waals surface area contributed by atoms with Crippen molar-refractivity contribution >= 4 is 0 Å². The van der Waals surface area contributed by atoms with Crippen LogP contribution in [0, 0.1) is 27.7 Å². The van der Waals surface area contributed by atoms with Gasteiger partial charge in [-0.1, -0.05) is 30.3 Å². The molecule has 0 aliphatic heterocycles. The van der Waals surface area contributed by atoms with Crippen LogP contribution in [0.15, 0.2) is 42.5 Å². The smallest absolute Gasteiger partial charge is 0.157 e. The van der Waals surface area contributed by atoms with E-state index >= 15 is 0 Å². The molecule has 4 nitrogen and oxygen atoms in total. The molecule has 4 heteroatoms. The first-order chi connectivity index (χ1) is 12.7. The largest absolute Gasteiger partial charge is 0.507 e. The average Bonchev–Trinajstić information content (AvgIpc) is 2.60. The first-order valence-electron chi connectivity index (χ1n) is 8.81. The standard InChI is InChI=1S/C23H24O4/c1-12-7-17(8-13(2)22(12)26)21(16-5-6-19(24)20(25)11-16)18-9-14(3)23(27)15(4)10-18/h5-11,21,24-27H,1-4H3. The highest BCUT2D eigenvalue weighted by Gasteiger charge is 2.21. The Kier molecular flexibility index (Phi) is 4.75. The van der Waals surface area contributed by atoms with Gasteiger partial charge in [0.25, 0.3) is 0 Å². The monoisotopic (exact) mass is 364 g/mol. The van der Waals surface area contributed by atoms with E-state index in [0.29, 0.717) is 0 Å². The second kappa shape index (κ2) is 6.88. The van der Waals surface area contributed by atoms with Gasteiger partial charge in [0.15, 0.2) is 11.5 Å². The normalized spacial score (nSPS) is 11.1. The maximum absolute atomic E-state index is 10.2. The van der Waals surface area contributed by atoms with Crippen molar-refractivity contribution in [1.82, 2.24) is 0 Å². The minimum atomic E-state index is -0.229. The van der Waals surface area contributed by atoms with Crippen LogP contribution in [0.2, 0.25) is 0 Å². The predicted octanol–water partition coefficient (Wildman–Crippen LogP) is 4.92. The van der Waals surface area contributed by atoms with E-state index < -0.39 is 0 Å². The quantitative estimate of drug-likeness (QED) is 0.393. The highest BCUT2D eigenvalue weighted by molar-refractivity contribution is 5.54. The minimum Gasteiger partial charge on any atom is -0.507 e. The Hall–Kier alpha value is -3.14. The fraction of sp³-hybridized carbons (Fsp3) is 0.217. The summed E-state index contributed by atoms with van der Waals surface area (Å²) < 4.78 is 0. The van der Waals surface area contributed by atoms with Crippen LogP contribution >= 0.6 is 0 Å². The second-order valence-electron chi connectivity index (χ2n) is 7.19. The van der Waals surface area contributed by atoms with Gasteiger partial charge in [-0.3, -0.25) is 0 Å². The maximum Gasteiger partial charge on any atom is 0.157 e. The minimum absolute atomic E-state index is 0.173. The third kappa shape index (κ3) is 3.43. The Morgan fingerprint density at radius 1 is 0.519 bits per heavy atom. The van der Waals surface area contributed by atoms with Crippen molar-refractivity contribution in [3.8, 4) is 23.0 Å². The van der Waals surface area contributed by atoms with Crippen molar-refractivity contribution in [3.05, 3.63) is 81.4 Å². The molecule has 0 fully saturated rings. The van der Waals surface area contributed by atoms with E-state index in [-0.39, 0.29) is 28.9 Å². The lowest BCUT2D eigenvalue weighted by Gasteiger charge is -2.22. The molecule has 0 atom stereocenters. The highest BCUT2D eigenvalue weighted by Crippen LogP contribution is 2.40. The molecule has 3 rings (SSSR count). The molecule has 0 aliphatic carbocycles. The third-order valence-electron chi connectivity index (χ3n) is 5.03. The van der Waals surface area contributed by atoms with Gasteiger partial charge in [-0.25, -0.2) is 0 Å². The second-order valence-corrected chi connectivity index (χ2v) is 7.19. The van der Waals surface area contributed by atoms with Crippen LogP contribution in [0.1, 0.15) is 44.9 Å². The summed E-state index contributed by atoms with van der Waals surface area (Å²) in [7, 11) is 0. The lowest BCUT2D eigenvalue weighted by Crippen LogP contribution is -2.05. The molecular weight excluding hydrogens is 340 g/mol. The van der Waals surface area contributed by atoms with Gasteiger partial charge in [0.05, 0.1) is 0 Å². The lowest BCUT2D eigenvalue weighted by atomic mass is 9.82. The lowest BCUT2D eigenvalue weighted by molar-refractivity contribution is 0.403. The topological polar surface area (TPSA) is 80.9 Å². The number of aryl methyl sites for hydroxylation is 4. The Balaban J connectivity index is 2.28. The maximum atomic E-state index is 10.2. The Morgan fingerprint density at radius 2 is 0.926 bits per heavy atom. The molecule has 140 valence electrons. The molecule has 0 saturated carbocycles. The van der Waals surface area contributed by atoms with E-state index in [9.17, 15) is 20.4 Å². The van der Waals surface area contributed by atoms with Crippen molar-refractivity contribution in [1.29, 1.82) is 0 Å². The van der Waals surface area contributed by atoms with Crippen LogP contribution in [-0.2, 0) is 0 Å². The molecule has 0 amide bonds. The van der Waals surface area contributed by atoms with Crippen molar-refractivity contribution in [2.45, 2.75) is 33.6 Å². The molecule has 0 spiro atoms. The summed E-state index contributed by atoms with van der Waals surface area (Å²) >= 11 is 0. The fourth-order valence-electron chi connectivity index (χ4n) is 3.61. The van der Waals surface area contributed by atoms with Gasteiger partial charge in [-0.2, -0.15) is 0 Å². The average molecular weight is 364 g/mol. The first kappa shape index (κ1) is 18.6.